The Kier molecular flexibility index (Phi) is 6.27. The van der Waals surface area contributed by atoms with Crippen molar-refractivity contribution in [3.05, 3.63) is 59.7 Å². The van der Waals surface area contributed by atoms with Gasteiger partial charge in [0.15, 0.2) is 0 Å². The van der Waals surface area contributed by atoms with Crippen LogP contribution in [0.15, 0.2) is 52.9 Å². The molecule has 0 unspecified atom stereocenters. The number of halogens is 3. The maximum absolute atomic E-state index is 12.9. The molecule has 9 heteroatoms. The van der Waals surface area contributed by atoms with Crippen molar-refractivity contribution in [2.45, 2.75) is 31.4 Å². The molecule has 1 aliphatic heterocycles. The third kappa shape index (κ3) is 5.16. The maximum atomic E-state index is 12.9. The summed E-state index contributed by atoms with van der Waals surface area (Å²) in [5, 5.41) is 16.7. The molecule has 1 aromatic heterocycles. The average Bonchev–Trinajstić information content (AvgIpc) is 3.28. The van der Waals surface area contributed by atoms with Crippen molar-refractivity contribution in [2.24, 2.45) is 0 Å². The van der Waals surface area contributed by atoms with E-state index in [9.17, 15) is 18.0 Å². The Balaban J connectivity index is 1.41. The second-order valence-corrected chi connectivity index (χ2v) is 7.87. The fraction of sp³-hybridized carbons (Fsp3) is 0.348. The number of aromatic nitrogens is 2. The van der Waals surface area contributed by atoms with E-state index in [0.717, 1.165) is 38.1 Å². The number of alkyl halides is 3. The van der Waals surface area contributed by atoms with Gasteiger partial charge < -0.3 is 14.4 Å². The van der Waals surface area contributed by atoms with E-state index in [1.807, 2.05) is 24.3 Å². The third-order valence-corrected chi connectivity index (χ3v) is 5.72. The molecule has 2 heterocycles. The lowest BCUT2D eigenvalue weighted by molar-refractivity contribution is -0.138. The van der Waals surface area contributed by atoms with Gasteiger partial charge in [0.25, 0.3) is 0 Å². The number of nitrogens with zero attached hydrogens (tertiary/aromatic N) is 3. The average molecular weight is 445 g/mol. The van der Waals surface area contributed by atoms with Crippen molar-refractivity contribution in [1.82, 2.24) is 15.1 Å². The molecule has 0 aliphatic carbocycles. The van der Waals surface area contributed by atoms with Crippen LogP contribution in [0.2, 0.25) is 0 Å². The van der Waals surface area contributed by atoms with Crippen LogP contribution in [0.1, 0.15) is 36.3 Å². The fourth-order valence-electron chi connectivity index (χ4n) is 3.93. The first-order valence-corrected chi connectivity index (χ1v) is 10.4. The summed E-state index contributed by atoms with van der Waals surface area (Å²) in [4.78, 5) is 12.9. The van der Waals surface area contributed by atoms with Crippen molar-refractivity contribution in [3.8, 4) is 22.9 Å². The zero-order valence-corrected chi connectivity index (χ0v) is 17.2. The number of aliphatic carboxylic acids is 1. The van der Waals surface area contributed by atoms with E-state index in [4.69, 9.17) is 9.52 Å². The summed E-state index contributed by atoms with van der Waals surface area (Å²) in [6, 6.07) is 12.5. The van der Waals surface area contributed by atoms with Gasteiger partial charge in [0.05, 0.1) is 12.0 Å². The Morgan fingerprint density at radius 3 is 2.31 bits per heavy atom. The molecule has 0 saturated carbocycles. The number of carboxylic acids is 1. The zero-order chi connectivity index (χ0) is 22.7. The quantitative estimate of drug-likeness (QED) is 0.570. The molecule has 3 aromatic rings. The highest BCUT2D eigenvalue weighted by Gasteiger charge is 2.31. The third-order valence-electron chi connectivity index (χ3n) is 5.72. The van der Waals surface area contributed by atoms with Crippen LogP contribution in [0.4, 0.5) is 13.2 Å². The van der Waals surface area contributed by atoms with Crippen LogP contribution >= 0.6 is 0 Å². The molecule has 0 radical (unpaired) electrons. The van der Waals surface area contributed by atoms with Crippen molar-refractivity contribution in [2.75, 3.05) is 19.6 Å². The lowest BCUT2D eigenvalue weighted by Crippen LogP contribution is -2.34. The SMILES string of the molecule is O=C(O)CCN1CCC(c2ccc(-c3nnc(-c4cccc(C(F)(F)F)c4)o3)cc2)CC1. The van der Waals surface area contributed by atoms with Crippen molar-refractivity contribution >= 4 is 5.97 Å². The monoisotopic (exact) mass is 445 g/mol. The van der Waals surface area contributed by atoms with Gasteiger partial charge in [-0.2, -0.15) is 13.2 Å². The van der Waals surface area contributed by atoms with Crippen molar-refractivity contribution < 1.29 is 27.5 Å². The number of hydrogen-bond acceptors (Lipinski definition) is 5. The summed E-state index contributed by atoms with van der Waals surface area (Å²) in [6.45, 7) is 2.31. The largest absolute Gasteiger partial charge is 0.481 e. The second kappa shape index (κ2) is 9.12. The van der Waals surface area contributed by atoms with Crippen LogP contribution in [-0.2, 0) is 11.0 Å². The highest BCUT2D eigenvalue weighted by molar-refractivity contribution is 5.66. The number of hydrogen-bond donors (Lipinski definition) is 1. The Morgan fingerprint density at radius 1 is 1.03 bits per heavy atom. The van der Waals surface area contributed by atoms with Gasteiger partial charge in [0.2, 0.25) is 11.8 Å². The Morgan fingerprint density at radius 2 is 1.69 bits per heavy atom. The molecule has 2 aromatic carbocycles. The van der Waals surface area contributed by atoms with Gasteiger partial charge in [-0.3, -0.25) is 4.79 Å². The molecular formula is C23H22F3N3O3. The van der Waals surface area contributed by atoms with E-state index in [2.05, 4.69) is 15.1 Å². The molecule has 1 aliphatic rings. The minimum atomic E-state index is -4.44. The second-order valence-electron chi connectivity index (χ2n) is 7.87. The predicted octanol–water partition coefficient (Wildman–Crippen LogP) is 5.08. The van der Waals surface area contributed by atoms with Gasteiger partial charge in [-0.05, 0) is 67.7 Å². The Bertz CT molecular complexity index is 1070. The lowest BCUT2D eigenvalue weighted by atomic mass is 9.89. The Labute approximate surface area is 182 Å². The normalized spacial score (nSPS) is 15.7. The molecule has 1 fully saturated rings. The summed E-state index contributed by atoms with van der Waals surface area (Å²) >= 11 is 0. The molecule has 0 bridgehead atoms. The van der Waals surface area contributed by atoms with E-state index in [0.29, 0.717) is 18.0 Å². The van der Waals surface area contributed by atoms with Gasteiger partial charge in [-0.25, -0.2) is 0 Å². The van der Waals surface area contributed by atoms with E-state index < -0.39 is 17.7 Å². The molecule has 1 N–H and O–H groups in total. The number of piperidine rings is 1. The van der Waals surface area contributed by atoms with Crippen molar-refractivity contribution in [1.29, 1.82) is 0 Å². The molecule has 0 atom stereocenters. The van der Waals surface area contributed by atoms with Gasteiger partial charge >= 0.3 is 12.1 Å². The van der Waals surface area contributed by atoms with Crippen LogP contribution in [0.5, 0.6) is 0 Å². The summed E-state index contributed by atoms with van der Waals surface area (Å²) in [6.07, 6.45) is -2.37. The Hall–Kier alpha value is -3.20. The number of carbonyl (C=O) groups is 1. The van der Waals surface area contributed by atoms with Gasteiger partial charge in [-0.15, -0.1) is 10.2 Å². The molecule has 0 spiro atoms. The molecule has 4 rings (SSSR count). The van der Waals surface area contributed by atoms with E-state index >= 15 is 0 Å². The molecule has 0 amide bonds. The summed E-state index contributed by atoms with van der Waals surface area (Å²) in [5.41, 5.74) is 1.32. The minimum Gasteiger partial charge on any atom is -0.481 e. The molecular weight excluding hydrogens is 423 g/mol. The van der Waals surface area contributed by atoms with Crippen LogP contribution in [0, 0.1) is 0 Å². The van der Waals surface area contributed by atoms with Gasteiger partial charge in [0, 0.05) is 17.7 Å². The summed E-state index contributed by atoms with van der Waals surface area (Å²) in [5.74, 6) is -0.107. The first-order chi connectivity index (χ1) is 15.3. The van der Waals surface area contributed by atoms with E-state index in [-0.39, 0.29) is 23.8 Å². The maximum Gasteiger partial charge on any atom is 0.416 e. The molecule has 168 valence electrons. The first-order valence-electron chi connectivity index (χ1n) is 10.4. The zero-order valence-electron chi connectivity index (χ0n) is 17.2. The van der Waals surface area contributed by atoms with Crippen LogP contribution in [-0.4, -0.2) is 45.8 Å². The molecule has 32 heavy (non-hydrogen) atoms. The topological polar surface area (TPSA) is 79.5 Å². The van der Waals surface area contributed by atoms with Crippen LogP contribution in [0.25, 0.3) is 22.9 Å². The lowest BCUT2D eigenvalue weighted by Gasteiger charge is -2.31. The summed E-state index contributed by atoms with van der Waals surface area (Å²) < 4.78 is 44.5. The van der Waals surface area contributed by atoms with E-state index in [1.54, 1.807) is 0 Å². The highest BCUT2D eigenvalue weighted by Crippen LogP contribution is 2.33. The fourth-order valence-corrected chi connectivity index (χ4v) is 3.93. The van der Waals surface area contributed by atoms with Crippen molar-refractivity contribution in [3.63, 3.8) is 0 Å². The van der Waals surface area contributed by atoms with Gasteiger partial charge in [-0.1, -0.05) is 18.2 Å². The number of likely N-dealkylation sites (tertiary alicyclic amines) is 1. The van der Waals surface area contributed by atoms with Gasteiger partial charge in [0.1, 0.15) is 0 Å². The van der Waals surface area contributed by atoms with E-state index in [1.165, 1.54) is 17.7 Å². The smallest absolute Gasteiger partial charge is 0.416 e. The van der Waals surface area contributed by atoms with Crippen LogP contribution in [0.3, 0.4) is 0 Å². The number of carboxylic acid groups (broad SMARTS) is 1. The standard InChI is InChI=1S/C23H22F3N3O3/c24-23(25,26)19-3-1-2-18(14-19)22-28-27-21(32-22)17-6-4-15(5-7-17)16-8-11-29(12-9-16)13-10-20(30)31/h1-7,14,16H,8-13H2,(H,30,31). The summed E-state index contributed by atoms with van der Waals surface area (Å²) in [7, 11) is 0. The molecule has 6 nitrogen and oxygen atoms in total. The predicted molar refractivity (Wildman–Crippen MR) is 111 cm³/mol. The minimum absolute atomic E-state index is 0.0314. The van der Waals surface area contributed by atoms with Crippen LogP contribution < -0.4 is 0 Å². The molecule has 1 saturated heterocycles. The first kappa shape index (κ1) is 22.0. The highest BCUT2D eigenvalue weighted by atomic mass is 19.4. The number of benzene rings is 2. The number of rotatable bonds is 6.